The summed E-state index contributed by atoms with van der Waals surface area (Å²) in [6, 6.07) is 6.61. The van der Waals surface area contributed by atoms with E-state index < -0.39 is 5.91 Å². The number of aromatic nitrogens is 3. The van der Waals surface area contributed by atoms with E-state index in [1.807, 2.05) is 0 Å². The molecule has 0 aliphatic rings. The molecule has 0 saturated heterocycles. The van der Waals surface area contributed by atoms with Crippen molar-refractivity contribution >= 4 is 45.7 Å². The highest BCUT2D eigenvalue weighted by Gasteiger charge is 2.15. The first kappa shape index (κ1) is 20.6. The van der Waals surface area contributed by atoms with Crippen LogP contribution in [0.25, 0.3) is 0 Å². The molecule has 0 fully saturated rings. The molecule has 0 radical (unpaired) electrons. The van der Waals surface area contributed by atoms with Gasteiger partial charge in [0.1, 0.15) is 5.76 Å². The van der Waals surface area contributed by atoms with Crippen LogP contribution in [0, 0.1) is 6.92 Å². The Morgan fingerprint density at radius 3 is 2.62 bits per heavy atom. The summed E-state index contributed by atoms with van der Waals surface area (Å²) in [7, 11) is 3.06. The molecule has 0 aliphatic carbocycles. The van der Waals surface area contributed by atoms with E-state index in [-0.39, 0.29) is 17.4 Å². The molecule has 3 rings (SSSR count). The molecule has 0 spiro atoms. The Hall–Kier alpha value is -3.12. The minimum atomic E-state index is -0.444. The summed E-state index contributed by atoms with van der Waals surface area (Å²) in [5.41, 5.74) is 0.738. The number of benzene rings is 1. The lowest BCUT2D eigenvalue weighted by Crippen LogP contribution is -2.14. The van der Waals surface area contributed by atoms with Gasteiger partial charge in [0.15, 0.2) is 21.5 Å². The number of nitrogens with one attached hydrogen (secondary N) is 2. The van der Waals surface area contributed by atoms with Gasteiger partial charge >= 0.3 is 0 Å². The molecule has 2 amide bonds. The van der Waals surface area contributed by atoms with Crippen molar-refractivity contribution < 1.29 is 23.6 Å². The number of hydrogen-bond donors (Lipinski definition) is 2. The molecular formula is C17H17N5O5S2. The van der Waals surface area contributed by atoms with Gasteiger partial charge in [0.05, 0.1) is 20.0 Å². The Kier molecular flexibility index (Phi) is 6.67. The van der Waals surface area contributed by atoms with E-state index in [0.29, 0.717) is 32.4 Å². The number of ether oxygens (including phenoxy) is 2. The molecule has 10 nitrogen and oxygen atoms in total. The van der Waals surface area contributed by atoms with Gasteiger partial charge in [-0.1, -0.05) is 28.3 Å². The third kappa shape index (κ3) is 5.45. The largest absolute Gasteiger partial charge is 0.493 e. The van der Waals surface area contributed by atoms with E-state index >= 15 is 0 Å². The third-order valence-electron chi connectivity index (χ3n) is 3.48. The zero-order valence-electron chi connectivity index (χ0n) is 15.7. The van der Waals surface area contributed by atoms with Crippen LogP contribution in [-0.2, 0) is 4.79 Å². The number of hydrogen-bond acceptors (Lipinski definition) is 10. The molecule has 2 heterocycles. The van der Waals surface area contributed by atoms with E-state index in [0.717, 1.165) is 11.3 Å². The lowest BCUT2D eigenvalue weighted by molar-refractivity contribution is -0.113. The number of thioether (sulfide) groups is 1. The van der Waals surface area contributed by atoms with Crippen LogP contribution in [0.3, 0.4) is 0 Å². The van der Waals surface area contributed by atoms with Crippen LogP contribution < -0.4 is 20.1 Å². The van der Waals surface area contributed by atoms with Crippen molar-refractivity contribution in [3.05, 3.63) is 35.7 Å². The first-order valence-electron chi connectivity index (χ1n) is 8.21. The number of rotatable bonds is 8. The molecule has 0 aliphatic heterocycles. The van der Waals surface area contributed by atoms with Gasteiger partial charge in [0.2, 0.25) is 11.0 Å². The number of anilines is 2. The fourth-order valence-electron chi connectivity index (χ4n) is 2.19. The molecule has 2 N–H and O–H groups in total. The second-order valence-electron chi connectivity index (χ2n) is 5.56. The number of carbonyl (C=O) groups is 2. The lowest BCUT2D eigenvalue weighted by Gasteiger charge is -2.10. The maximum atomic E-state index is 12.2. The highest BCUT2D eigenvalue weighted by atomic mass is 32.2. The smallest absolute Gasteiger partial charge is 0.279 e. The number of nitrogens with zero attached hydrogens (tertiary/aromatic N) is 3. The van der Waals surface area contributed by atoms with Gasteiger partial charge in [-0.2, -0.15) is 0 Å². The number of aryl methyl sites for hydroxylation is 1. The fraction of sp³-hybridized carbons (Fsp3) is 0.235. The number of methoxy groups -OCH3 is 2. The van der Waals surface area contributed by atoms with Crippen LogP contribution in [-0.4, -0.2) is 47.1 Å². The van der Waals surface area contributed by atoms with E-state index in [1.54, 1.807) is 25.1 Å². The summed E-state index contributed by atoms with van der Waals surface area (Å²) in [6.07, 6.45) is 0. The van der Waals surface area contributed by atoms with Crippen LogP contribution in [0.1, 0.15) is 16.2 Å². The summed E-state index contributed by atoms with van der Waals surface area (Å²) < 4.78 is 15.8. The molecule has 0 unspecified atom stereocenters. The molecule has 0 atom stereocenters. The molecule has 2 aromatic heterocycles. The van der Waals surface area contributed by atoms with Gasteiger partial charge in [-0.15, -0.1) is 10.2 Å². The van der Waals surface area contributed by atoms with Gasteiger partial charge in [0.25, 0.3) is 5.91 Å². The predicted molar refractivity (Wildman–Crippen MR) is 108 cm³/mol. The van der Waals surface area contributed by atoms with Crippen molar-refractivity contribution in [1.82, 2.24) is 15.4 Å². The quantitative estimate of drug-likeness (QED) is 0.405. The fourth-order valence-corrected chi connectivity index (χ4v) is 3.74. The average Bonchev–Trinajstić information content (AvgIpc) is 3.35. The van der Waals surface area contributed by atoms with Crippen LogP contribution in [0.2, 0.25) is 0 Å². The first-order chi connectivity index (χ1) is 14.0. The van der Waals surface area contributed by atoms with Crippen LogP contribution in [0.15, 0.2) is 33.1 Å². The minimum absolute atomic E-state index is 0.124. The standard InChI is InChI=1S/C17H17N5O5S2/c1-9-6-11(22-27-9)15(24)19-16-20-21-17(29-16)28-8-14(23)18-10-4-5-12(25-2)13(7-10)26-3/h4-7H,8H2,1-3H3,(H,18,23)(H,19,20,24). The zero-order valence-corrected chi connectivity index (χ0v) is 17.3. The van der Waals surface area contributed by atoms with Crippen molar-refractivity contribution in [2.24, 2.45) is 0 Å². The van der Waals surface area contributed by atoms with Crippen LogP contribution in [0.5, 0.6) is 11.5 Å². The van der Waals surface area contributed by atoms with Crippen molar-refractivity contribution in [2.45, 2.75) is 11.3 Å². The van der Waals surface area contributed by atoms with Gasteiger partial charge in [-0.05, 0) is 19.1 Å². The monoisotopic (exact) mass is 435 g/mol. The van der Waals surface area contributed by atoms with Gasteiger partial charge in [0, 0.05) is 17.8 Å². The van der Waals surface area contributed by atoms with Gasteiger partial charge < -0.3 is 19.3 Å². The summed E-state index contributed by atoms with van der Waals surface area (Å²) in [5.74, 6) is 1.08. The molecule has 152 valence electrons. The molecule has 3 aromatic rings. The van der Waals surface area contributed by atoms with Crippen LogP contribution in [0.4, 0.5) is 10.8 Å². The van der Waals surface area contributed by atoms with E-state index in [9.17, 15) is 9.59 Å². The van der Waals surface area contributed by atoms with E-state index in [2.05, 4.69) is 26.0 Å². The Labute approximate surface area is 174 Å². The second kappa shape index (κ2) is 9.39. The van der Waals surface area contributed by atoms with Gasteiger partial charge in [-0.25, -0.2) is 0 Å². The molecule has 12 heteroatoms. The minimum Gasteiger partial charge on any atom is -0.493 e. The Bertz CT molecular complexity index is 1020. The van der Waals surface area contributed by atoms with E-state index in [1.165, 1.54) is 32.0 Å². The first-order valence-corrected chi connectivity index (χ1v) is 10.0. The average molecular weight is 435 g/mol. The highest BCUT2D eigenvalue weighted by molar-refractivity contribution is 8.01. The number of amides is 2. The maximum Gasteiger partial charge on any atom is 0.279 e. The SMILES string of the molecule is COc1ccc(NC(=O)CSc2nnc(NC(=O)c3cc(C)on3)s2)cc1OC. The third-order valence-corrected chi connectivity index (χ3v) is 5.45. The molecule has 0 bridgehead atoms. The molecule has 1 aromatic carbocycles. The van der Waals surface area contributed by atoms with Crippen molar-refractivity contribution in [2.75, 3.05) is 30.6 Å². The maximum absolute atomic E-state index is 12.2. The summed E-state index contributed by atoms with van der Waals surface area (Å²) in [6.45, 7) is 1.69. The molecule has 29 heavy (non-hydrogen) atoms. The predicted octanol–water partition coefficient (Wildman–Crippen LogP) is 2.83. The summed E-state index contributed by atoms with van der Waals surface area (Å²) >= 11 is 2.36. The van der Waals surface area contributed by atoms with Crippen molar-refractivity contribution in [3.63, 3.8) is 0 Å². The molecule has 0 saturated carbocycles. The highest BCUT2D eigenvalue weighted by Crippen LogP contribution is 2.30. The van der Waals surface area contributed by atoms with E-state index in [4.69, 9.17) is 14.0 Å². The molecular weight excluding hydrogens is 418 g/mol. The van der Waals surface area contributed by atoms with Crippen LogP contribution >= 0.6 is 23.1 Å². The van der Waals surface area contributed by atoms with Gasteiger partial charge in [-0.3, -0.25) is 14.9 Å². The number of carbonyl (C=O) groups excluding carboxylic acids is 2. The van der Waals surface area contributed by atoms with Crippen molar-refractivity contribution in [1.29, 1.82) is 0 Å². The topological polar surface area (TPSA) is 128 Å². The zero-order chi connectivity index (χ0) is 20.8. The second-order valence-corrected chi connectivity index (χ2v) is 7.76. The Morgan fingerprint density at radius 2 is 1.93 bits per heavy atom. The van der Waals surface area contributed by atoms with Crippen molar-refractivity contribution in [3.8, 4) is 11.5 Å². The lowest BCUT2D eigenvalue weighted by atomic mass is 10.2. The Balaban J connectivity index is 1.51. The Morgan fingerprint density at radius 1 is 1.14 bits per heavy atom. The summed E-state index contributed by atoms with van der Waals surface area (Å²) in [5, 5.41) is 17.1. The summed E-state index contributed by atoms with van der Waals surface area (Å²) in [4.78, 5) is 24.2. The normalized spacial score (nSPS) is 10.4.